The number of hydrogen-bond acceptors (Lipinski definition) is 7. The summed E-state index contributed by atoms with van der Waals surface area (Å²) in [5.41, 5.74) is 1.86. The zero-order valence-electron chi connectivity index (χ0n) is 16.6. The van der Waals surface area contributed by atoms with Crippen LogP contribution in [0, 0.1) is 5.82 Å². The summed E-state index contributed by atoms with van der Waals surface area (Å²) in [6.07, 6.45) is 5.34. The molecule has 1 aliphatic heterocycles. The van der Waals surface area contributed by atoms with Crippen molar-refractivity contribution in [3.63, 3.8) is 0 Å². The number of ether oxygens (including phenoxy) is 1. The first kappa shape index (κ1) is 19.0. The van der Waals surface area contributed by atoms with Crippen molar-refractivity contribution in [3.8, 4) is 5.75 Å². The number of rotatable bonds is 6. The summed E-state index contributed by atoms with van der Waals surface area (Å²) in [6.45, 7) is 0. The number of nitrogens with zero attached hydrogens (tertiary/aromatic N) is 3. The lowest BCUT2D eigenvalue weighted by Crippen LogP contribution is -2.19. The van der Waals surface area contributed by atoms with Crippen molar-refractivity contribution in [2.75, 3.05) is 17.7 Å². The molecular weight excluding hydrogens is 403 g/mol. The third kappa shape index (κ3) is 3.79. The highest BCUT2D eigenvalue weighted by molar-refractivity contribution is 6.15. The maximum absolute atomic E-state index is 13.8. The molecule has 2 aromatic heterocycles. The number of anilines is 3. The molecule has 1 aromatic carbocycles. The first-order valence-corrected chi connectivity index (χ1v) is 9.81. The standard InChI is InChI=1S/C21H19FN6O3/c1-31-16-5-2-13(22)8-15(16)25-17-9-18(24-14-3-4-14)28-20(26-17)12(10-23-28)6-11-7-19(29)27-21(11)30/h2,5-6,8-10,14,24H,3-4,7H2,1H3,(H,25,26)(H,27,29,30)/b11-6+. The van der Waals surface area contributed by atoms with Gasteiger partial charge < -0.3 is 15.4 Å². The third-order valence-electron chi connectivity index (χ3n) is 5.08. The Morgan fingerprint density at radius 3 is 2.84 bits per heavy atom. The van der Waals surface area contributed by atoms with E-state index < -0.39 is 11.7 Å². The summed E-state index contributed by atoms with van der Waals surface area (Å²) in [5, 5.41) is 13.2. The molecule has 2 amide bonds. The lowest BCUT2D eigenvalue weighted by Gasteiger charge is -2.13. The molecule has 2 fully saturated rings. The van der Waals surface area contributed by atoms with Crippen LogP contribution < -0.4 is 20.7 Å². The molecule has 0 unspecified atom stereocenters. The minimum Gasteiger partial charge on any atom is -0.495 e. The molecular formula is C21H19FN6O3. The van der Waals surface area contributed by atoms with Gasteiger partial charge in [0.05, 0.1) is 25.4 Å². The number of amides is 2. The van der Waals surface area contributed by atoms with Crippen molar-refractivity contribution >= 4 is 40.9 Å². The molecule has 3 heterocycles. The first-order valence-electron chi connectivity index (χ1n) is 9.81. The van der Waals surface area contributed by atoms with Crippen LogP contribution in [0.25, 0.3) is 11.7 Å². The molecule has 5 rings (SSSR count). The molecule has 10 heteroatoms. The largest absolute Gasteiger partial charge is 0.495 e. The van der Waals surface area contributed by atoms with Gasteiger partial charge in [-0.05, 0) is 31.1 Å². The maximum Gasteiger partial charge on any atom is 0.254 e. The van der Waals surface area contributed by atoms with Crippen molar-refractivity contribution in [1.82, 2.24) is 19.9 Å². The predicted octanol–water partition coefficient (Wildman–Crippen LogP) is 2.62. The van der Waals surface area contributed by atoms with E-state index in [0.29, 0.717) is 45.9 Å². The predicted molar refractivity (Wildman–Crippen MR) is 112 cm³/mol. The van der Waals surface area contributed by atoms with E-state index in [1.807, 2.05) is 0 Å². The van der Waals surface area contributed by atoms with Gasteiger partial charge in [-0.1, -0.05) is 0 Å². The van der Waals surface area contributed by atoms with E-state index >= 15 is 0 Å². The zero-order valence-corrected chi connectivity index (χ0v) is 16.6. The minimum absolute atomic E-state index is 0.0157. The van der Waals surface area contributed by atoms with Crippen LogP contribution >= 0.6 is 0 Å². The monoisotopic (exact) mass is 422 g/mol. The van der Waals surface area contributed by atoms with Crippen LogP contribution in [0.2, 0.25) is 0 Å². The number of methoxy groups -OCH3 is 1. The SMILES string of the molecule is COc1ccc(F)cc1Nc1cc(NC2CC2)n2ncc(/C=C3\CC(=O)NC3=O)c2n1. The lowest BCUT2D eigenvalue weighted by molar-refractivity contribution is -0.124. The summed E-state index contributed by atoms with van der Waals surface area (Å²) in [5.74, 6) is 0.467. The minimum atomic E-state index is -0.417. The van der Waals surface area contributed by atoms with E-state index in [1.54, 1.807) is 22.9 Å². The highest BCUT2D eigenvalue weighted by atomic mass is 19.1. The topological polar surface area (TPSA) is 110 Å². The van der Waals surface area contributed by atoms with Crippen molar-refractivity contribution in [1.29, 1.82) is 0 Å². The van der Waals surface area contributed by atoms with E-state index in [9.17, 15) is 14.0 Å². The van der Waals surface area contributed by atoms with Crippen molar-refractivity contribution < 1.29 is 18.7 Å². The summed E-state index contributed by atoms with van der Waals surface area (Å²) in [4.78, 5) is 28.1. The molecule has 1 saturated carbocycles. The van der Waals surface area contributed by atoms with Gasteiger partial charge in [-0.15, -0.1) is 0 Å². The molecule has 158 valence electrons. The second-order valence-corrected chi connectivity index (χ2v) is 7.47. The smallest absolute Gasteiger partial charge is 0.254 e. The first-order chi connectivity index (χ1) is 15.0. The molecule has 0 radical (unpaired) electrons. The van der Waals surface area contributed by atoms with Crippen molar-refractivity contribution in [3.05, 3.63) is 47.4 Å². The number of nitrogens with one attached hydrogen (secondary N) is 3. The van der Waals surface area contributed by atoms with E-state index in [1.165, 1.54) is 25.3 Å². The van der Waals surface area contributed by atoms with E-state index in [-0.39, 0.29) is 12.3 Å². The number of imide groups is 1. The second-order valence-electron chi connectivity index (χ2n) is 7.47. The van der Waals surface area contributed by atoms with Gasteiger partial charge in [-0.25, -0.2) is 9.37 Å². The molecule has 3 N–H and O–H groups in total. The number of fused-ring (bicyclic) bond motifs is 1. The fourth-order valence-corrected chi connectivity index (χ4v) is 3.41. The van der Waals surface area contributed by atoms with Crippen LogP contribution in [-0.2, 0) is 9.59 Å². The molecule has 0 spiro atoms. The van der Waals surface area contributed by atoms with Gasteiger partial charge in [0.25, 0.3) is 5.91 Å². The van der Waals surface area contributed by atoms with E-state index in [0.717, 1.165) is 12.8 Å². The number of hydrogen-bond donors (Lipinski definition) is 3. The number of halogens is 1. The number of carbonyl (C=O) groups is 2. The van der Waals surface area contributed by atoms with Gasteiger partial charge in [-0.2, -0.15) is 9.61 Å². The Bertz CT molecular complexity index is 1250. The molecule has 0 bridgehead atoms. The summed E-state index contributed by atoms with van der Waals surface area (Å²) in [6, 6.07) is 6.31. The Labute approximate surface area is 176 Å². The Morgan fingerprint density at radius 2 is 2.13 bits per heavy atom. The van der Waals surface area contributed by atoms with Gasteiger partial charge in [0.2, 0.25) is 5.91 Å². The fraction of sp³-hybridized carbons (Fsp3) is 0.238. The van der Waals surface area contributed by atoms with E-state index in [2.05, 4.69) is 26.0 Å². The van der Waals surface area contributed by atoms with Gasteiger partial charge in [-0.3, -0.25) is 14.9 Å². The Hall–Kier alpha value is -3.95. The molecule has 0 atom stereocenters. The molecule has 1 saturated heterocycles. The summed E-state index contributed by atoms with van der Waals surface area (Å²) >= 11 is 0. The number of aromatic nitrogens is 3. The Morgan fingerprint density at radius 1 is 1.29 bits per heavy atom. The van der Waals surface area contributed by atoms with Crippen LogP contribution in [0.5, 0.6) is 5.75 Å². The summed E-state index contributed by atoms with van der Waals surface area (Å²) < 4.78 is 20.7. The Balaban J connectivity index is 1.59. The van der Waals surface area contributed by atoms with E-state index in [4.69, 9.17) is 4.74 Å². The van der Waals surface area contributed by atoms with Gasteiger partial charge in [0, 0.05) is 29.3 Å². The summed E-state index contributed by atoms with van der Waals surface area (Å²) in [7, 11) is 1.50. The lowest BCUT2D eigenvalue weighted by atomic mass is 10.1. The molecule has 9 nitrogen and oxygen atoms in total. The fourth-order valence-electron chi connectivity index (χ4n) is 3.41. The van der Waals surface area contributed by atoms with Crippen LogP contribution in [0.1, 0.15) is 24.8 Å². The maximum atomic E-state index is 13.8. The third-order valence-corrected chi connectivity index (χ3v) is 5.08. The normalized spacial score (nSPS) is 17.3. The van der Waals surface area contributed by atoms with Gasteiger partial charge in [0.1, 0.15) is 23.2 Å². The van der Waals surface area contributed by atoms with Crippen molar-refractivity contribution in [2.45, 2.75) is 25.3 Å². The van der Waals surface area contributed by atoms with Crippen LogP contribution in [0.4, 0.5) is 21.7 Å². The van der Waals surface area contributed by atoms with Gasteiger partial charge >= 0.3 is 0 Å². The number of benzene rings is 1. The quantitative estimate of drug-likeness (QED) is 0.414. The highest BCUT2D eigenvalue weighted by Gasteiger charge is 2.26. The molecule has 2 aliphatic rings. The Kier molecular flexibility index (Phi) is 4.54. The molecule has 3 aromatic rings. The van der Waals surface area contributed by atoms with Crippen LogP contribution in [0.15, 0.2) is 36.0 Å². The average Bonchev–Trinajstić information content (AvgIpc) is 3.37. The van der Waals surface area contributed by atoms with Crippen LogP contribution in [0.3, 0.4) is 0 Å². The second kappa shape index (κ2) is 7.38. The zero-order chi connectivity index (χ0) is 21.5. The average molecular weight is 422 g/mol. The highest BCUT2D eigenvalue weighted by Crippen LogP contribution is 2.31. The number of carbonyl (C=O) groups excluding carboxylic acids is 2. The van der Waals surface area contributed by atoms with Gasteiger partial charge in [0.15, 0.2) is 5.65 Å². The molecule has 31 heavy (non-hydrogen) atoms. The van der Waals surface area contributed by atoms with Crippen LogP contribution in [-0.4, -0.2) is 39.6 Å². The van der Waals surface area contributed by atoms with Crippen molar-refractivity contribution in [2.24, 2.45) is 0 Å². The molecule has 1 aliphatic carbocycles.